The third-order valence-electron chi connectivity index (χ3n) is 2.59. The number of nitrogens with one attached hydrogen (secondary N) is 1. The third-order valence-corrected chi connectivity index (χ3v) is 4.30. The third kappa shape index (κ3) is 4.46. The molecular formula is C12H18N2O3S. The molecule has 1 aromatic carbocycles. The molecule has 1 unspecified atom stereocenters. The molecule has 1 aromatic rings. The van der Waals surface area contributed by atoms with Crippen molar-refractivity contribution in [2.24, 2.45) is 5.73 Å². The predicted molar refractivity (Wildman–Crippen MR) is 70.7 cm³/mol. The van der Waals surface area contributed by atoms with Gasteiger partial charge in [0, 0.05) is 12.3 Å². The fraction of sp³-hybridized carbons (Fsp3) is 0.417. The number of carbonyl (C=O) groups excluding carboxylic acids is 1. The summed E-state index contributed by atoms with van der Waals surface area (Å²) in [6.45, 7) is 1.67. The van der Waals surface area contributed by atoms with Crippen LogP contribution in [0.3, 0.4) is 0 Å². The van der Waals surface area contributed by atoms with E-state index in [1.165, 1.54) is 0 Å². The maximum atomic E-state index is 11.7. The zero-order valence-electron chi connectivity index (χ0n) is 10.3. The molecule has 0 fully saturated rings. The lowest BCUT2D eigenvalue weighted by atomic mass is 10.1. The van der Waals surface area contributed by atoms with Crippen molar-refractivity contribution in [3.05, 3.63) is 35.9 Å². The Morgan fingerprint density at radius 2 is 1.94 bits per heavy atom. The summed E-state index contributed by atoms with van der Waals surface area (Å²) >= 11 is 0. The topological polar surface area (TPSA) is 89.3 Å². The van der Waals surface area contributed by atoms with Crippen LogP contribution in [-0.2, 0) is 14.6 Å². The maximum Gasteiger partial charge on any atom is 0.241 e. The van der Waals surface area contributed by atoms with Crippen LogP contribution in [0.15, 0.2) is 30.3 Å². The van der Waals surface area contributed by atoms with Crippen LogP contribution >= 0.6 is 0 Å². The molecule has 0 radical (unpaired) electrons. The van der Waals surface area contributed by atoms with Crippen LogP contribution in [0.1, 0.15) is 18.5 Å². The Hall–Kier alpha value is -1.40. The van der Waals surface area contributed by atoms with E-state index in [4.69, 9.17) is 5.73 Å². The monoisotopic (exact) mass is 270 g/mol. The first-order chi connectivity index (χ1) is 8.46. The van der Waals surface area contributed by atoms with Crippen molar-refractivity contribution in [1.29, 1.82) is 0 Å². The summed E-state index contributed by atoms with van der Waals surface area (Å²) in [5.41, 5.74) is 6.46. The molecule has 0 saturated carbocycles. The summed E-state index contributed by atoms with van der Waals surface area (Å²) in [5, 5.41) is 2.53. The number of carbonyl (C=O) groups is 1. The molecule has 0 heterocycles. The van der Waals surface area contributed by atoms with Crippen molar-refractivity contribution in [1.82, 2.24) is 5.32 Å². The van der Waals surface area contributed by atoms with Crippen LogP contribution in [0, 0.1) is 0 Å². The zero-order chi connectivity index (χ0) is 13.6. The van der Waals surface area contributed by atoms with E-state index in [2.05, 4.69) is 5.32 Å². The largest absolute Gasteiger partial charge is 0.353 e. The first-order valence-electron chi connectivity index (χ1n) is 5.75. The minimum Gasteiger partial charge on any atom is -0.353 e. The highest BCUT2D eigenvalue weighted by Gasteiger charge is 2.15. The fourth-order valence-corrected chi connectivity index (χ4v) is 2.10. The number of nitrogens with two attached hydrogens (primary N) is 1. The molecule has 0 bridgehead atoms. The average molecular weight is 270 g/mol. The van der Waals surface area contributed by atoms with Gasteiger partial charge < -0.3 is 11.1 Å². The van der Waals surface area contributed by atoms with Crippen molar-refractivity contribution in [2.45, 2.75) is 13.0 Å². The van der Waals surface area contributed by atoms with Gasteiger partial charge >= 0.3 is 0 Å². The van der Waals surface area contributed by atoms with Crippen molar-refractivity contribution in [3.63, 3.8) is 0 Å². The maximum absolute atomic E-state index is 11.7. The second-order valence-electron chi connectivity index (χ2n) is 3.92. The Kier molecular flexibility index (Phi) is 5.30. The molecule has 5 nitrogen and oxygen atoms in total. The van der Waals surface area contributed by atoms with Crippen molar-refractivity contribution >= 4 is 15.7 Å². The van der Waals surface area contributed by atoms with Crippen LogP contribution < -0.4 is 11.1 Å². The average Bonchev–Trinajstić information content (AvgIpc) is 2.38. The van der Waals surface area contributed by atoms with Gasteiger partial charge in [-0.1, -0.05) is 37.3 Å². The SMILES string of the molecule is CCS(=O)(=O)CCNC(=O)C(N)c1ccccc1. The lowest BCUT2D eigenvalue weighted by Gasteiger charge is -2.12. The number of rotatable bonds is 6. The summed E-state index contributed by atoms with van der Waals surface area (Å²) < 4.78 is 22.5. The first kappa shape index (κ1) is 14.7. The molecule has 18 heavy (non-hydrogen) atoms. The minimum absolute atomic E-state index is 0.0588. The number of amides is 1. The second-order valence-corrected chi connectivity index (χ2v) is 6.39. The van der Waals surface area contributed by atoms with Crippen molar-refractivity contribution in [2.75, 3.05) is 18.1 Å². The van der Waals surface area contributed by atoms with Gasteiger partial charge in [-0.05, 0) is 5.56 Å². The van der Waals surface area contributed by atoms with Crippen LogP contribution in [-0.4, -0.2) is 32.4 Å². The molecule has 1 rings (SSSR count). The molecule has 0 spiro atoms. The van der Waals surface area contributed by atoms with Gasteiger partial charge in [0.15, 0.2) is 9.84 Å². The molecule has 6 heteroatoms. The van der Waals surface area contributed by atoms with E-state index in [9.17, 15) is 13.2 Å². The molecule has 0 aliphatic rings. The summed E-state index contributed by atoms with van der Waals surface area (Å²) in [5.74, 6) is -0.350. The van der Waals surface area contributed by atoms with E-state index < -0.39 is 15.9 Å². The van der Waals surface area contributed by atoms with Gasteiger partial charge in [0.1, 0.15) is 6.04 Å². The van der Waals surface area contributed by atoms with Crippen LogP contribution in [0.4, 0.5) is 0 Å². The van der Waals surface area contributed by atoms with E-state index in [1.807, 2.05) is 6.07 Å². The summed E-state index contributed by atoms with van der Waals surface area (Å²) in [7, 11) is -3.06. The van der Waals surface area contributed by atoms with E-state index in [0.29, 0.717) is 5.56 Å². The fourth-order valence-electron chi connectivity index (χ4n) is 1.40. The molecular weight excluding hydrogens is 252 g/mol. The lowest BCUT2D eigenvalue weighted by Crippen LogP contribution is -2.36. The van der Waals surface area contributed by atoms with Gasteiger partial charge in [-0.15, -0.1) is 0 Å². The Balaban J connectivity index is 2.47. The number of benzene rings is 1. The highest BCUT2D eigenvalue weighted by atomic mass is 32.2. The highest BCUT2D eigenvalue weighted by molar-refractivity contribution is 7.91. The molecule has 0 aliphatic carbocycles. The number of hydrogen-bond acceptors (Lipinski definition) is 4. The predicted octanol–water partition coefficient (Wildman–Crippen LogP) is 0.237. The van der Waals surface area contributed by atoms with Crippen molar-refractivity contribution < 1.29 is 13.2 Å². The smallest absolute Gasteiger partial charge is 0.241 e. The summed E-state index contributed by atoms with van der Waals surface area (Å²) in [6.07, 6.45) is 0. The van der Waals surface area contributed by atoms with E-state index in [1.54, 1.807) is 31.2 Å². The molecule has 0 aliphatic heterocycles. The van der Waals surface area contributed by atoms with Crippen LogP contribution in [0.25, 0.3) is 0 Å². The number of hydrogen-bond donors (Lipinski definition) is 2. The Bertz CT molecular complexity index is 485. The van der Waals surface area contributed by atoms with E-state index in [0.717, 1.165) is 0 Å². The minimum atomic E-state index is -3.06. The molecule has 100 valence electrons. The van der Waals surface area contributed by atoms with Gasteiger partial charge in [0.2, 0.25) is 5.91 Å². The Morgan fingerprint density at radius 3 is 2.50 bits per heavy atom. The van der Waals surface area contributed by atoms with Gasteiger partial charge in [0.05, 0.1) is 5.75 Å². The molecule has 1 amide bonds. The summed E-state index contributed by atoms with van der Waals surface area (Å²) in [6, 6.07) is 8.17. The van der Waals surface area contributed by atoms with E-state index in [-0.39, 0.29) is 24.0 Å². The lowest BCUT2D eigenvalue weighted by molar-refractivity contribution is -0.122. The van der Waals surface area contributed by atoms with Crippen LogP contribution in [0.5, 0.6) is 0 Å². The van der Waals surface area contributed by atoms with Crippen molar-refractivity contribution in [3.8, 4) is 0 Å². The van der Waals surface area contributed by atoms with Gasteiger partial charge in [-0.2, -0.15) is 0 Å². The Morgan fingerprint density at radius 1 is 1.33 bits per heavy atom. The highest BCUT2D eigenvalue weighted by Crippen LogP contribution is 2.08. The standard InChI is InChI=1S/C12H18N2O3S/c1-2-18(16,17)9-8-14-12(15)11(13)10-6-4-3-5-7-10/h3-7,11H,2,8-9,13H2,1H3,(H,14,15). The normalized spacial score (nSPS) is 13.0. The van der Waals surface area contributed by atoms with Gasteiger partial charge in [-0.25, -0.2) is 8.42 Å². The second kappa shape index (κ2) is 6.51. The quantitative estimate of drug-likeness (QED) is 0.774. The Labute approximate surface area is 107 Å². The summed E-state index contributed by atoms with van der Waals surface area (Å²) in [4.78, 5) is 11.7. The van der Waals surface area contributed by atoms with Crippen LogP contribution in [0.2, 0.25) is 0 Å². The zero-order valence-corrected chi connectivity index (χ0v) is 11.1. The molecule has 3 N–H and O–H groups in total. The number of sulfone groups is 1. The molecule has 1 atom stereocenters. The van der Waals surface area contributed by atoms with Gasteiger partial charge in [0.25, 0.3) is 0 Å². The molecule has 0 saturated heterocycles. The first-order valence-corrected chi connectivity index (χ1v) is 7.57. The van der Waals surface area contributed by atoms with E-state index >= 15 is 0 Å². The molecule has 0 aromatic heterocycles. The van der Waals surface area contributed by atoms with Gasteiger partial charge in [-0.3, -0.25) is 4.79 Å².